The van der Waals surface area contributed by atoms with Crippen LogP contribution >= 0.6 is 0 Å². The predicted molar refractivity (Wildman–Crippen MR) is 72.3 cm³/mol. The highest BCUT2D eigenvalue weighted by Gasteiger charge is 2.20. The van der Waals surface area contributed by atoms with Gasteiger partial charge in [0.15, 0.2) is 0 Å². The Hall–Kier alpha value is -2.20. The Morgan fingerprint density at radius 2 is 1.95 bits per heavy atom. The normalized spacial score (nSPS) is 11.8. The summed E-state index contributed by atoms with van der Waals surface area (Å²) < 4.78 is 4.83. The van der Waals surface area contributed by atoms with Gasteiger partial charge in [0.05, 0.1) is 12.8 Å². The Bertz CT molecular complexity index is 514. The van der Waals surface area contributed by atoms with Gasteiger partial charge in [-0.2, -0.15) is 0 Å². The molecular weight excluding hydrogens is 240 g/mol. The SMILES string of the molecule is COC(=O)C(NCc1ccccn1)c1ccccc1. The number of hydrogen-bond donors (Lipinski definition) is 1. The minimum atomic E-state index is -0.479. The first-order valence-corrected chi connectivity index (χ1v) is 6.07. The van der Waals surface area contributed by atoms with Crippen molar-refractivity contribution in [1.29, 1.82) is 0 Å². The predicted octanol–water partition coefficient (Wildman–Crippen LogP) is 2.09. The van der Waals surface area contributed by atoms with Crippen LogP contribution < -0.4 is 5.32 Å². The van der Waals surface area contributed by atoms with E-state index < -0.39 is 6.04 Å². The number of pyridine rings is 1. The molecule has 2 rings (SSSR count). The Kier molecular flexibility index (Phi) is 4.64. The van der Waals surface area contributed by atoms with Crippen LogP contribution in [-0.2, 0) is 16.1 Å². The van der Waals surface area contributed by atoms with Gasteiger partial charge < -0.3 is 4.74 Å². The summed E-state index contributed by atoms with van der Waals surface area (Å²) in [5.41, 5.74) is 1.76. The number of benzene rings is 1. The molecule has 1 unspecified atom stereocenters. The third-order valence-corrected chi connectivity index (χ3v) is 2.78. The van der Waals surface area contributed by atoms with Gasteiger partial charge in [-0.25, -0.2) is 4.79 Å². The fraction of sp³-hybridized carbons (Fsp3) is 0.200. The highest BCUT2D eigenvalue weighted by atomic mass is 16.5. The molecule has 0 spiro atoms. The lowest BCUT2D eigenvalue weighted by atomic mass is 10.1. The largest absolute Gasteiger partial charge is 0.468 e. The third kappa shape index (κ3) is 3.63. The summed E-state index contributed by atoms with van der Waals surface area (Å²) >= 11 is 0. The summed E-state index contributed by atoms with van der Waals surface area (Å²) in [6.45, 7) is 0.509. The standard InChI is InChI=1S/C15H16N2O2/c1-19-15(18)14(12-7-3-2-4-8-12)17-11-13-9-5-6-10-16-13/h2-10,14,17H,11H2,1H3. The van der Waals surface area contributed by atoms with Crippen LogP contribution in [0, 0.1) is 0 Å². The van der Waals surface area contributed by atoms with Crippen molar-refractivity contribution in [2.75, 3.05) is 7.11 Å². The number of methoxy groups -OCH3 is 1. The van der Waals surface area contributed by atoms with E-state index >= 15 is 0 Å². The van der Waals surface area contributed by atoms with Gasteiger partial charge in [0, 0.05) is 12.7 Å². The first kappa shape index (κ1) is 13.2. The molecule has 1 heterocycles. The molecule has 1 atom stereocenters. The summed E-state index contributed by atoms with van der Waals surface area (Å²) in [5, 5.41) is 3.17. The van der Waals surface area contributed by atoms with Crippen molar-refractivity contribution in [3.8, 4) is 0 Å². The first-order chi connectivity index (χ1) is 9.31. The van der Waals surface area contributed by atoms with Crippen LogP contribution in [0.5, 0.6) is 0 Å². The molecule has 0 saturated heterocycles. The van der Waals surface area contributed by atoms with Crippen LogP contribution in [0.25, 0.3) is 0 Å². The average molecular weight is 256 g/mol. The van der Waals surface area contributed by atoms with Crippen molar-refractivity contribution in [3.63, 3.8) is 0 Å². The van der Waals surface area contributed by atoms with Crippen molar-refractivity contribution in [1.82, 2.24) is 10.3 Å². The first-order valence-electron chi connectivity index (χ1n) is 6.07. The number of carbonyl (C=O) groups excluding carboxylic acids is 1. The zero-order valence-electron chi connectivity index (χ0n) is 10.7. The van der Waals surface area contributed by atoms with Crippen molar-refractivity contribution in [2.45, 2.75) is 12.6 Å². The summed E-state index contributed by atoms with van der Waals surface area (Å²) in [6, 6.07) is 14.7. The second-order valence-electron chi connectivity index (χ2n) is 4.07. The second kappa shape index (κ2) is 6.66. The van der Waals surface area contributed by atoms with E-state index in [-0.39, 0.29) is 5.97 Å². The Morgan fingerprint density at radius 3 is 2.58 bits per heavy atom. The quantitative estimate of drug-likeness (QED) is 0.832. The second-order valence-corrected chi connectivity index (χ2v) is 4.07. The highest BCUT2D eigenvalue weighted by molar-refractivity contribution is 5.77. The number of esters is 1. The molecule has 0 aliphatic heterocycles. The average Bonchev–Trinajstić information content (AvgIpc) is 2.49. The summed E-state index contributed by atoms with van der Waals surface area (Å²) in [6.07, 6.45) is 1.73. The van der Waals surface area contributed by atoms with Gasteiger partial charge in [0.25, 0.3) is 0 Å². The van der Waals surface area contributed by atoms with Gasteiger partial charge >= 0.3 is 5.97 Å². The number of hydrogen-bond acceptors (Lipinski definition) is 4. The van der Waals surface area contributed by atoms with Crippen LogP contribution in [0.15, 0.2) is 54.7 Å². The molecule has 4 heteroatoms. The topological polar surface area (TPSA) is 51.2 Å². The lowest BCUT2D eigenvalue weighted by Crippen LogP contribution is -2.29. The van der Waals surface area contributed by atoms with Gasteiger partial charge in [-0.15, -0.1) is 0 Å². The molecule has 0 aliphatic carbocycles. The van der Waals surface area contributed by atoms with Gasteiger partial charge in [-0.1, -0.05) is 36.4 Å². The zero-order chi connectivity index (χ0) is 13.5. The van der Waals surface area contributed by atoms with E-state index in [1.807, 2.05) is 48.5 Å². The van der Waals surface area contributed by atoms with Crippen molar-refractivity contribution in [3.05, 3.63) is 66.0 Å². The molecule has 0 fully saturated rings. The molecule has 1 aromatic carbocycles. The smallest absolute Gasteiger partial charge is 0.327 e. The van der Waals surface area contributed by atoms with Gasteiger partial charge in [-0.3, -0.25) is 10.3 Å². The molecule has 0 bridgehead atoms. The Balaban J connectivity index is 2.09. The van der Waals surface area contributed by atoms with E-state index in [4.69, 9.17) is 4.74 Å². The van der Waals surface area contributed by atoms with Gasteiger partial charge in [0.1, 0.15) is 6.04 Å². The summed E-state index contributed by atoms with van der Waals surface area (Å²) in [7, 11) is 1.39. The van der Waals surface area contributed by atoms with E-state index in [0.717, 1.165) is 11.3 Å². The molecule has 1 N–H and O–H groups in total. The molecule has 0 saturated carbocycles. The minimum Gasteiger partial charge on any atom is -0.468 e. The number of nitrogens with zero attached hydrogens (tertiary/aromatic N) is 1. The molecule has 2 aromatic rings. The molecular formula is C15H16N2O2. The lowest BCUT2D eigenvalue weighted by molar-refractivity contribution is -0.143. The van der Waals surface area contributed by atoms with E-state index in [1.54, 1.807) is 6.20 Å². The molecule has 19 heavy (non-hydrogen) atoms. The zero-order valence-corrected chi connectivity index (χ0v) is 10.7. The summed E-state index contributed by atoms with van der Waals surface area (Å²) in [5.74, 6) is -0.304. The van der Waals surface area contributed by atoms with Crippen molar-refractivity contribution >= 4 is 5.97 Å². The van der Waals surface area contributed by atoms with E-state index in [9.17, 15) is 4.79 Å². The fourth-order valence-electron chi connectivity index (χ4n) is 1.81. The number of aromatic nitrogens is 1. The highest BCUT2D eigenvalue weighted by Crippen LogP contribution is 2.14. The van der Waals surface area contributed by atoms with Crippen LogP contribution in [0.3, 0.4) is 0 Å². The Labute approximate surface area is 112 Å². The van der Waals surface area contributed by atoms with E-state index in [2.05, 4.69) is 10.3 Å². The van der Waals surface area contributed by atoms with Crippen LogP contribution in [0.2, 0.25) is 0 Å². The minimum absolute atomic E-state index is 0.304. The number of carbonyl (C=O) groups is 1. The molecule has 0 amide bonds. The van der Waals surface area contributed by atoms with Crippen molar-refractivity contribution in [2.24, 2.45) is 0 Å². The maximum atomic E-state index is 11.8. The Morgan fingerprint density at radius 1 is 1.21 bits per heavy atom. The van der Waals surface area contributed by atoms with Crippen molar-refractivity contribution < 1.29 is 9.53 Å². The number of ether oxygens (including phenoxy) is 1. The molecule has 0 aliphatic rings. The van der Waals surface area contributed by atoms with Gasteiger partial charge in [-0.05, 0) is 17.7 Å². The van der Waals surface area contributed by atoms with Crippen LogP contribution in [-0.4, -0.2) is 18.1 Å². The molecule has 4 nitrogen and oxygen atoms in total. The lowest BCUT2D eigenvalue weighted by Gasteiger charge is -2.16. The number of rotatable bonds is 5. The maximum Gasteiger partial charge on any atom is 0.327 e. The van der Waals surface area contributed by atoms with E-state index in [1.165, 1.54) is 7.11 Å². The number of nitrogens with one attached hydrogen (secondary N) is 1. The van der Waals surface area contributed by atoms with E-state index in [0.29, 0.717) is 6.54 Å². The summed E-state index contributed by atoms with van der Waals surface area (Å²) in [4.78, 5) is 16.0. The molecule has 98 valence electrons. The van der Waals surface area contributed by atoms with Gasteiger partial charge in [0.2, 0.25) is 0 Å². The molecule has 1 aromatic heterocycles. The monoisotopic (exact) mass is 256 g/mol. The maximum absolute atomic E-state index is 11.8. The third-order valence-electron chi connectivity index (χ3n) is 2.78. The fourth-order valence-corrected chi connectivity index (χ4v) is 1.81. The van der Waals surface area contributed by atoms with Crippen LogP contribution in [0.4, 0.5) is 0 Å². The molecule has 0 radical (unpaired) electrons. The van der Waals surface area contributed by atoms with Crippen LogP contribution in [0.1, 0.15) is 17.3 Å².